The predicted molar refractivity (Wildman–Crippen MR) is 130 cm³/mol. The van der Waals surface area contributed by atoms with E-state index >= 15 is 0 Å². The van der Waals surface area contributed by atoms with Crippen molar-refractivity contribution in [3.63, 3.8) is 0 Å². The first-order valence-electron chi connectivity index (χ1n) is 13.2. The predicted octanol–water partition coefficient (Wildman–Crippen LogP) is 6.73. The number of hydrogen-bond donors (Lipinski definition) is 0. The molecule has 1 aromatic rings. The van der Waals surface area contributed by atoms with Crippen LogP contribution in [-0.2, 0) is 9.53 Å². The molecule has 4 aliphatic rings. The van der Waals surface area contributed by atoms with Crippen molar-refractivity contribution in [2.75, 3.05) is 0 Å². The molecule has 4 saturated carbocycles. The normalized spacial score (nSPS) is 40.1. The molecule has 0 bridgehead atoms. The average Bonchev–Trinajstić information content (AvgIpc) is 3.17. The molecule has 0 aliphatic heterocycles. The van der Waals surface area contributed by atoms with Gasteiger partial charge in [-0.2, -0.15) is 0 Å². The van der Waals surface area contributed by atoms with Crippen LogP contribution < -0.4 is 4.74 Å². The topological polar surface area (TPSA) is 95.7 Å². The maximum atomic E-state index is 12.4. The second-order valence-electron chi connectivity index (χ2n) is 12.1. The minimum absolute atomic E-state index is 0.0506. The molecule has 5 rings (SSSR count). The molecule has 0 radical (unpaired) electrons. The number of nitro benzene ring substituents is 1. The summed E-state index contributed by atoms with van der Waals surface area (Å²) in [6, 6.07) is 5.45. The molecule has 0 N–H and O–H groups in total. The standard InChI is InChI=1S/C28H37NO6/c1-17(30)23-10-11-24-22-9-4-18-16-21(12-14-27(18,2)25(22)13-15-28(23,24)3)35-26(31)34-20-7-5-19(6-8-20)29(32)33/h5-8,18,21-25H,4,9-16H2,1-3H3/t18-,21-,22-,23+,24-,25-,27-,28+/m0/s1. The molecule has 8 atom stereocenters. The molecule has 4 aliphatic carbocycles. The highest BCUT2D eigenvalue weighted by Gasteiger charge is 2.61. The Morgan fingerprint density at radius 3 is 2.31 bits per heavy atom. The molecule has 190 valence electrons. The lowest BCUT2D eigenvalue weighted by atomic mass is 9.44. The largest absolute Gasteiger partial charge is 0.514 e. The fourth-order valence-electron chi connectivity index (χ4n) is 8.89. The number of Topliss-reactive ketones (excluding diaryl/α,β-unsaturated/α-hetero) is 1. The van der Waals surface area contributed by atoms with E-state index in [1.165, 1.54) is 43.5 Å². The Morgan fingerprint density at radius 2 is 1.63 bits per heavy atom. The highest BCUT2D eigenvalue weighted by atomic mass is 16.7. The summed E-state index contributed by atoms with van der Waals surface area (Å²) >= 11 is 0. The molecule has 0 amide bonds. The van der Waals surface area contributed by atoms with Crippen LogP contribution in [-0.4, -0.2) is 23.0 Å². The van der Waals surface area contributed by atoms with Gasteiger partial charge in [0.1, 0.15) is 17.6 Å². The lowest BCUT2D eigenvalue weighted by Crippen LogP contribution is -2.54. The van der Waals surface area contributed by atoms with Gasteiger partial charge in [0.05, 0.1) is 4.92 Å². The summed E-state index contributed by atoms with van der Waals surface area (Å²) in [7, 11) is 0. The van der Waals surface area contributed by atoms with Crippen molar-refractivity contribution < 1.29 is 24.0 Å². The van der Waals surface area contributed by atoms with Gasteiger partial charge in [-0.05, 0) is 111 Å². The van der Waals surface area contributed by atoms with Crippen LogP contribution >= 0.6 is 0 Å². The third-order valence-corrected chi connectivity index (χ3v) is 10.6. The van der Waals surface area contributed by atoms with Gasteiger partial charge in [-0.3, -0.25) is 14.9 Å². The van der Waals surface area contributed by atoms with Crippen molar-refractivity contribution in [3.05, 3.63) is 34.4 Å². The molecule has 0 spiro atoms. The van der Waals surface area contributed by atoms with Crippen LogP contribution in [0.4, 0.5) is 10.5 Å². The summed E-state index contributed by atoms with van der Waals surface area (Å²) in [6.45, 7) is 6.65. The summed E-state index contributed by atoms with van der Waals surface area (Å²) < 4.78 is 11.0. The molecular formula is C28H37NO6. The lowest BCUT2D eigenvalue weighted by molar-refractivity contribution is -0.384. The first kappa shape index (κ1) is 24.3. The number of benzene rings is 1. The Kier molecular flexibility index (Phi) is 6.17. The van der Waals surface area contributed by atoms with E-state index in [0.29, 0.717) is 29.5 Å². The zero-order valence-electron chi connectivity index (χ0n) is 21.0. The maximum absolute atomic E-state index is 12.4. The van der Waals surface area contributed by atoms with E-state index in [4.69, 9.17) is 9.47 Å². The van der Waals surface area contributed by atoms with Gasteiger partial charge in [-0.25, -0.2) is 4.79 Å². The van der Waals surface area contributed by atoms with Crippen molar-refractivity contribution in [2.24, 2.45) is 40.4 Å². The van der Waals surface area contributed by atoms with Crippen LogP contribution in [0.2, 0.25) is 0 Å². The SMILES string of the molecule is CC(=O)[C@H]1CC[C@H]2[C@@H]3CC[C@H]4C[C@@H](OC(=O)Oc5ccc([N+](=O)[O-])cc5)CC[C@]4(C)[C@H]3CC[C@]12C. The molecule has 7 heteroatoms. The van der Waals surface area contributed by atoms with Gasteiger partial charge < -0.3 is 9.47 Å². The van der Waals surface area contributed by atoms with Gasteiger partial charge in [0.15, 0.2) is 0 Å². The van der Waals surface area contributed by atoms with Gasteiger partial charge in [0.25, 0.3) is 5.69 Å². The molecule has 35 heavy (non-hydrogen) atoms. The summed E-state index contributed by atoms with van der Waals surface area (Å²) in [5, 5.41) is 10.8. The number of hydrogen-bond acceptors (Lipinski definition) is 6. The third-order valence-electron chi connectivity index (χ3n) is 10.6. The molecule has 7 nitrogen and oxygen atoms in total. The van der Waals surface area contributed by atoms with Crippen LogP contribution in [0.25, 0.3) is 0 Å². The van der Waals surface area contributed by atoms with Crippen LogP contribution in [0.5, 0.6) is 5.75 Å². The number of ether oxygens (including phenoxy) is 2. The van der Waals surface area contributed by atoms with Crippen LogP contribution in [0.15, 0.2) is 24.3 Å². The molecular weight excluding hydrogens is 446 g/mol. The minimum Gasteiger partial charge on any atom is -0.431 e. The first-order chi connectivity index (χ1) is 16.6. The van der Waals surface area contributed by atoms with Crippen LogP contribution in [0.1, 0.15) is 78.6 Å². The van der Waals surface area contributed by atoms with Crippen molar-refractivity contribution in [3.8, 4) is 5.75 Å². The lowest BCUT2D eigenvalue weighted by Gasteiger charge is -2.61. The Bertz CT molecular complexity index is 1010. The van der Waals surface area contributed by atoms with E-state index < -0.39 is 11.1 Å². The number of nitro groups is 1. The quantitative estimate of drug-likeness (QED) is 0.204. The van der Waals surface area contributed by atoms with E-state index in [2.05, 4.69) is 13.8 Å². The summed E-state index contributed by atoms with van der Waals surface area (Å²) in [6.07, 6.45) is 8.87. The zero-order chi connectivity index (χ0) is 25.0. The molecule has 0 aromatic heterocycles. The number of carbonyl (C=O) groups excluding carboxylic acids is 2. The van der Waals surface area contributed by atoms with Gasteiger partial charge in [0, 0.05) is 18.1 Å². The van der Waals surface area contributed by atoms with E-state index in [0.717, 1.165) is 38.5 Å². The van der Waals surface area contributed by atoms with Crippen molar-refractivity contribution in [1.82, 2.24) is 0 Å². The maximum Gasteiger partial charge on any atom is 0.514 e. The monoisotopic (exact) mass is 483 g/mol. The Morgan fingerprint density at radius 1 is 0.943 bits per heavy atom. The van der Waals surface area contributed by atoms with E-state index in [-0.39, 0.29) is 34.3 Å². The van der Waals surface area contributed by atoms with E-state index in [1.807, 2.05) is 0 Å². The number of rotatable bonds is 4. The number of non-ortho nitro benzene ring substituents is 1. The minimum atomic E-state index is -0.740. The van der Waals surface area contributed by atoms with Crippen LogP contribution in [0.3, 0.4) is 0 Å². The summed E-state index contributed by atoms with van der Waals surface area (Å²) in [4.78, 5) is 35.1. The van der Waals surface area contributed by atoms with Crippen LogP contribution in [0, 0.1) is 50.5 Å². The highest BCUT2D eigenvalue weighted by Crippen LogP contribution is 2.67. The van der Waals surface area contributed by atoms with E-state index in [9.17, 15) is 19.7 Å². The molecule has 1 aromatic carbocycles. The summed E-state index contributed by atoms with van der Waals surface area (Å²) in [5.41, 5.74) is 0.393. The second kappa shape index (κ2) is 8.90. The average molecular weight is 484 g/mol. The molecule has 0 unspecified atom stereocenters. The second-order valence-corrected chi connectivity index (χ2v) is 12.1. The Hall–Kier alpha value is -2.44. The molecule has 0 heterocycles. The number of ketones is 1. The number of nitrogens with zero attached hydrogens (tertiary/aromatic N) is 1. The highest BCUT2D eigenvalue weighted by molar-refractivity contribution is 5.79. The number of carbonyl (C=O) groups is 2. The van der Waals surface area contributed by atoms with E-state index in [1.54, 1.807) is 6.92 Å². The fraction of sp³-hybridized carbons (Fsp3) is 0.714. The van der Waals surface area contributed by atoms with Gasteiger partial charge in [0.2, 0.25) is 0 Å². The number of fused-ring (bicyclic) bond motifs is 5. The van der Waals surface area contributed by atoms with Crippen molar-refractivity contribution in [2.45, 2.75) is 84.7 Å². The van der Waals surface area contributed by atoms with Gasteiger partial charge in [-0.15, -0.1) is 0 Å². The van der Waals surface area contributed by atoms with Crippen molar-refractivity contribution in [1.29, 1.82) is 0 Å². The first-order valence-corrected chi connectivity index (χ1v) is 13.2. The van der Waals surface area contributed by atoms with Gasteiger partial charge >= 0.3 is 6.16 Å². The molecule has 4 fully saturated rings. The van der Waals surface area contributed by atoms with Gasteiger partial charge in [-0.1, -0.05) is 13.8 Å². The Balaban J connectivity index is 1.21. The third kappa shape index (κ3) is 4.15. The van der Waals surface area contributed by atoms with Crippen molar-refractivity contribution >= 4 is 17.6 Å². The fourth-order valence-corrected chi connectivity index (χ4v) is 8.89. The summed E-state index contributed by atoms with van der Waals surface area (Å²) in [5.74, 6) is 3.47. The zero-order valence-corrected chi connectivity index (χ0v) is 21.0. The smallest absolute Gasteiger partial charge is 0.431 e. The molecule has 0 saturated heterocycles. The Labute approximate surface area is 207 Å².